The molecule has 1 aromatic heterocycles. The van der Waals surface area contributed by atoms with Gasteiger partial charge in [0.1, 0.15) is 11.9 Å². The first-order valence-corrected chi connectivity index (χ1v) is 13.8. The highest BCUT2D eigenvalue weighted by Gasteiger charge is 2.45. The van der Waals surface area contributed by atoms with Gasteiger partial charge in [-0.25, -0.2) is 4.68 Å². The lowest BCUT2D eigenvalue weighted by molar-refractivity contribution is -0.137. The maximum absolute atomic E-state index is 14.2. The van der Waals surface area contributed by atoms with Crippen LogP contribution in [0.15, 0.2) is 78.9 Å². The third kappa shape index (κ3) is 5.79. The molecule has 0 aliphatic carbocycles. The minimum atomic E-state index is -4.65. The molecule has 0 saturated heterocycles. The van der Waals surface area contributed by atoms with E-state index in [1.807, 2.05) is 30.3 Å². The van der Waals surface area contributed by atoms with E-state index >= 15 is 0 Å². The van der Waals surface area contributed by atoms with Gasteiger partial charge < -0.3 is 10.6 Å². The van der Waals surface area contributed by atoms with E-state index in [4.69, 9.17) is 5.10 Å². The van der Waals surface area contributed by atoms with Crippen LogP contribution in [0.4, 0.5) is 24.7 Å². The van der Waals surface area contributed by atoms with Crippen LogP contribution >= 0.6 is 0 Å². The number of para-hydroxylation sites is 1. The van der Waals surface area contributed by atoms with Crippen molar-refractivity contribution in [2.24, 2.45) is 0 Å². The number of likely N-dealkylation sites (N-methyl/N-ethyl adjacent to an activating group) is 1. The summed E-state index contributed by atoms with van der Waals surface area (Å²) >= 11 is 0. The van der Waals surface area contributed by atoms with Gasteiger partial charge in [-0.05, 0) is 74.7 Å². The zero-order chi connectivity index (χ0) is 31.6. The van der Waals surface area contributed by atoms with Crippen molar-refractivity contribution in [3.05, 3.63) is 107 Å². The van der Waals surface area contributed by atoms with Crippen molar-refractivity contribution in [3.8, 4) is 17.5 Å². The summed E-state index contributed by atoms with van der Waals surface area (Å²) in [5.74, 6) is 2.84. The summed E-state index contributed by atoms with van der Waals surface area (Å²) in [6.07, 6.45) is -4.65. The standard InChI is InChI=1S/C33H28F3N5O3/c1-4-11-26(42)37-24-15-10-12-21(19-24)28-27-20(3)39-41(25-16-7-6-8-17-25)31(27)40(5-2)32(44)29(28)38-30(43)22-13-9-14-23(18-22)33(34,35)36/h6-10,12-19,28-29H,5H2,1-3H3,(H,37,42)(H,38,43). The second-order valence-corrected chi connectivity index (χ2v) is 10.1. The largest absolute Gasteiger partial charge is 0.416 e. The number of fused-ring (bicyclic) bond motifs is 1. The lowest BCUT2D eigenvalue weighted by Gasteiger charge is -2.38. The van der Waals surface area contributed by atoms with Crippen LogP contribution in [0.2, 0.25) is 0 Å². The van der Waals surface area contributed by atoms with Gasteiger partial charge in [0.2, 0.25) is 0 Å². The number of hydrogen-bond acceptors (Lipinski definition) is 4. The Bertz CT molecular complexity index is 1800. The molecule has 0 saturated carbocycles. The highest BCUT2D eigenvalue weighted by atomic mass is 19.4. The van der Waals surface area contributed by atoms with Gasteiger partial charge in [-0.2, -0.15) is 18.3 Å². The van der Waals surface area contributed by atoms with E-state index in [9.17, 15) is 27.6 Å². The number of halogens is 3. The Hall–Kier alpha value is -5.37. The van der Waals surface area contributed by atoms with Crippen LogP contribution in [0.1, 0.15) is 52.5 Å². The van der Waals surface area contributed by atoms with Crippen LogP contribution in [-0.4, -0.2) is 40.1 Å². The lowest BCUT2D eigenvalue weighted by atomic mass is 9.81. The molecule has 2 N–H and O–H groups in total. The number of rotatable bonds is 6. The number of benzene rings is 3. The monoisotopic (exact) mass is 599 g/mol. The molecule has 4 aromatic rings. The second-order valence-electron chi connectivity index (χ2n) is 10.1. The highest BCUT2D eigenvalue weighted by Crippen LogP contribution is 2.44. The van der Waals surface area contributed by atoms with E-state index in [0.29, 0.717) is 34.0 Å². The summed E-state index contributed by atoms with van der Waals surface area (Å²) in [7, 11) is 0. The molecular weight excluding hydrogens is 571 g/mol. The molecule has 0 fully saturated rings. The topological polar surface area (TPSA) is 96.3 Å². The molecule has 2 heterocycles. The third-order valence-corrected chi connectivity index (χ3v) is 7.31. The first-order chi connectivity index (χ1) is 21.0. The molecule has 2 atom stereocenters. The van der Waals surface area contributed by atoms with Gasteiger partial charge in [-0.15, -0.1) is 0 Å². The van der Waals surface area contributed by atoms with Gasteiger partial charge in [-0.1, -0.05) is 42.3 Å². The fraction of sp³-hybridized carbons (Fsp3) is 0.212. The Kier molecular flexibility index (Phi) is 8.27. The van der Waals surface area contributed by atoms with E-state index in [2.05, 4.69) is 22.5 Å². The van der Waals surface area contributed by atoms with Gasteiger partial charge in [0, 0.05) is 29.3 Å². The summed E-state index contributed by atoms with van der Waals surface area (Å²) in [5.41, 5.74) is 1.73. The van der Waals surface area contributed by atoms with E-state index in [1.54, 1.807) is 42.8 Å². The van der Waals surface area contributed by atoms with Crippen molar-refractivity contribution < 1.29 is 27.6 Å². The van der Waals surface area contributed by atoms with E-state index in [0.717, 1.165) is 18.2 Å². The molecule has 1 aliphatic rings. The maximum Gasteiger partial charge on any atom is 0.416 e. The van der Waals surface area contributed by atoms with Crippen LogP contribution in [-0.2, 0) is 15.8 Å². The van der Waals surface area contributed by atoms with Crippen molar-refractivity contribution in [3.63, 3.8) is 0 Å². The van der Waals surface area contributed by atoms with Crippen LogP contribution in [0.3, 0.4) is 0 Å². The zero-order valence-corrected chi connectivity index (χ0v) is 24.1. The average molecular weight is 600 g/mol. The average Bonchev–Trinajstić information content (AvgIpc) is 3.34. The number of aryl methyl sites for hydroxylation is 1. The van der Waals surface area contributed by atoms with Crippen molar-refractivity contribution in [1.82, 2.24) is 15.1 Å². The molecule has 1 aliphatic heterocycles. The number of hydrogen-bond donors (Lipinski definition) is 2. The first kappa shape index (κ1) is 30.1. The first-order valence-electron chi connectivity index (χ1n) is 13.8. The molecule has 11 heteroatoms. The van der Waals surface area contributed by atoms with Gasteiger partial charge in [-0.3, -0.25) is 19.3 Å². The molecule has 3 aromatic carbocycles. The van der Waals surface area contributed by atoms with E-state index < -0.39 is 41.4 Å². The highest BCUT2D eigenvalue weighted by molar-refractivity contribution is 6.06. The van der Waals surface area contributed by atoms with Crippen LogP contribution in [0.25, 0.3) is 5.69 Å². The summed E-state index contributed by atoms with van der Waals surface area (Å²) in [4.78, 5) is 41.4. The summed E-state index contributed by atoms with van der Waals surface area (Å²) < 4.78 is 41.9. The predicted octanol–water partition coefficient (Wildman–Crippen LogP) is 5.46. The fourth-order valence-electron chi connectivity index (χ4n) is 5.44. The van der Waals surface area contributed by atoms with Crippen LogP contribution in [0.5, 0.6) is 0 Å². The second kappa shape index (κ2) is 12.1. The Balaban J connectivity index is 1.66. The molecule has 5 rings (SSSR count). The van der Waals surface area contributed by atoms with Crippen molar-refractivity contribution in [2.75, 3.05) is 16.8 Å². The number of carbonyl (C=O) groups is 3. The molecule has 224 valence electrons. The smallest absolute Gasteiger partial charge is 0.339 e. The van der Waals surface area contributed by atoms with Crippen LogP contribution < -0.4 is 15.5 Å². The van der Waals surface area contributed by atoms with Crippen LogP contribution in [0, 0.1) is 18.8 Å². The molecule has 2 unspecified atom stereocenters. The maximum atomic E-state index is 14.2. The number of aromatic nitrogens is 2. The van der Waals surface area contributed by atoms with Gasteiger partial charge in [0.25, 0.3) is 17.7 Å². The zero-order valence-electron chi connectivity index (χ0n) is 24.1. The molecule has 3 amide bonds. The Morgan fingerprint density at radius 3 is 2.41 bits per heavy atom. The van der Waals surface area contributed by atoms with Gasteiger partial charge in [0.05, 0.1) is 16.9 Å². The molecule has 0 spiro atoms. The lowest BCUT2D eigenvalue weighted by Crippen LogP contribution is -2.55. The number of nitrogens with zero attached hydrogens (tertiary/aromatic N) is 3. The molecule has 0 radical (unpaired) electrons. The molecular formula is C33H28F3N5O3. The number of nitrogens with one attached hydrogen (secondary N) is 2. The van der Waals surface area contributed by atoms with Crippen molar-refractivity contribution in [1.29, 1.82) is 0 Å². The summed E-state index contributed by atoms with van der Waals surface area (Å²) in [6.45, 7) is 5.35. The normalized spacial score (nSPS) is 16.0. The summed E-state index contributed by atoms with van der Waals surface area (Å²) in [5, 5.41) is 10.2. The SMILES string of the molecule is CC#CC(=O)Nc1cccc(C2c3c(C)nn(-c4ccccc4)c3N(CC)C(=O)C2NC(=O)c2cccc(C(F)(F)F)c2)c1. The Morgan fingerprint density at radius 2 is 1.73 bits per heavy atom. The minimum absolute atomic E-state index is 0.234. The number of carbonyl (C=O) groups excluding carboxylic acids is 3. The third-order valence-electron chi connectivity index (χ3n) is 7.31. The van der Waals surface area contributed by atoms with Gasteiger partial charge in [0.15, 0.2) is 0 Å². The number of anilines is 2. The molecule has 8 nitrogen and oxygen atoms in total. The van der Waals surface area contributed by atoms with E-state index in [1.165, 1.54) is 17.9 Å². The molecule has 44 heavy (non-hydrogen) atoms. The molecule has 0 bridgehead atoms. The quantitative estimate of drug-likeness (QED) is 0.288. The van der Waals surface area contributed by atoms with Crippen molar-refractivity contribution in [2.45, 2.75) is 38.9 Å². The fourth-order valence-corrected chi connectivity index (χ4v) is 5.44. The number of alkyl halides is 3. The van der Waals surface area contributed by atoms with Gasteiger partial charge >= 0.3 is 6.18 Å². The Labute approximate surface area is 251 Å². The Morgan fingerprint density at radius 1 is 1.00 bits per heavy atom. The minimum Gasteiger partial charge on any atom is -0.339 e. The predicted molar refractivity (Wildman–Crippen MR) is 159 cm³/mol. The number of amides is 3. The van der Waals surface area contributed by atoms with Crippen molar-refractivity contribution >= 4 is 29.2 Å². The summed E-state index contributed by atoms with van der Waals surface area (Å²) in [6, 6.07) is 18.9. The van der Waals surface area contributed by atoms with E-state index in [-0.39, 0.29) is 12.1 Å².